The fourth-order valence-corrected chi connectivity index (χ4v) is 4.23. The maximum atomic E-state index is 13.0. The van der Waals surface area contributed by atoms with Crippen molar-refractivity contribution in [2.45, 2.75) is 38.3 Å². The molecule has 2 aromatic heterocycles. The average molecular weight is 462 g/mol. The van der Waals surface area contributed by atoms with Crippen molar-refractivity contribution in [1.29, 1.82) is 0 Å². The van der Waals surface area contributed by atoms with E-state index in [0.29, 0.717) is 27.9 Å². The highest BCUT2D eigenvalue weighted by Crippen LogP contribution is 2.23. The molecule has 1 saturated heterocycles. The van der Waals surface area contributed by atoms with Crippen LogP contribution in [0, 0.1) is 0 Å². The third-order valence-electron chi connectivity index (χ3n) is 5.87. The first-order valence-electron chi connectivity index (χ1n) is 10.8. The van der Waals surface area contributed by atoms with Gasteiger partial charge in [0.25, 0.3) is 5.56 Å². The topological polar surface area (TPSA) is 94.5 Å². The SMILES string of the molecule is Cn1c(=O)c2c(nc(N3CCCCCC3)n2C[C@H](O)COc2ccc(Cl)cc2)n(C)c1=O. The number of aliphatic hydroxyl groups is 1. The fraction of sp³-hybridized carbons (Fsp3) is 0.500. The van der Waals surface area contributed by atoms with E-state index in [-0.39, 0.29) is 13.2 Å². The molecule has 9 nitrogen and oxygen atoms in total. The highest BCUT2D eigenvalue weighted by molar-refractivity contribution is 6.30. The normalized spacial score (nSPS) is 15.7. The number of imidazole rings is 1. The summed E-state index contributed by atoms with van der Waals surface area (Å²) in [5, 5.41) is 11.4. The third kappa shape index (κ3) is 4.40. The van der Waals surface area contributed by atoms with Gasteiger partial charge in [-0.3, -0.25) is 13.9 Å². The summed E-state index contributed by atoms with van der Waals surface area (Å²) in [5.41, 5.74) is -0.230. The number of aliphatic hydroxyl groups excluding tert-OH is 1. The Morgan fingerprint density at radius 3 is 2.38 bits per heavy atom. The molecule has 1 aliphatic rings. The van der Waals surface area contributed by atoms with Crippen LogP contribution in [0.2, 0.25) is 5.02 Å². The van der Waals surface area contributed by atoms with Crippen LogP contribution in [-0.2, 0) is 20.6 Å². The van der Waals surface area contributed by atoms with E-state index < -0.39 is 17.4 Å². The van der Waals surface area contributed by atoms with E-state index in [1.807, 2.05) is 0 Å². The minimum atomic E-state index is -0.893. The molecule has 3 aromatic rings. The Kier molecular flexibility index (Phi) is 6.57. The van der Waals surface area contributed by atoms with Crippen molar-refractivity contribution < 1.29 is 9.84 Å². The van der Waals surface area contributed by atoms with Gasteiger partial charge < -0.3 is 19.3 Å². The van der Waals surface area contributed by atoms with Gasteiger partial charge in [0, 0.05) is 32.2 Å². The first-order chi connectivity index (χ1) is 15.4. The number of hydrogen-bond acceptors (Lipinski definition) is 6. The van der Waals surface area contributed by atoms with Crippen molar-refractivity contribution in [2.75, 3.05) is 24.6 Å². The highest BCUT2D eigenvalue weighted by Gasteiger charge is 2.25. The van der Waals surface area contributed by atoms with Gasteiger partial charge >= 0.3 is 5.69 Å². The third-order valence-corrected chi connectivity index (χ3v) is 6.12. The van der Waals surface area contributed by atoms with Crippen molar-refractivity contribution in [2.24, 2.45) is 14.1 Å². The number of nitrogens with zero attached hydrogens (tertiary/aromatic N) is 5. The van der Waals surface area contributed by atoms with E-state index in [4.69, 9.17) is 21.3 Å². The molecule has 1 aliphatic heterocycles. The number of anilines is 1. The second-order valence-electron chi connectivity index (χ2n) is 8.22. The first kappa shape index (κ1) is 22.4. The van der Waals surface area contributed by atoms with Gasteiger partial charge in [-0.2, -0.15) is 4.98 Å². The number of hydrogen-bond donors (Lipinski definition) is 1. The van der Waals surface area contributed by atoms with Gasteiger partial charge in [0.15, 0.2) is 11.2 Å². The highest BCUT2D eigenvalue weighted by atomic mass is 35.5. The predicted molar refractivity (Wildman–Crippen MR) is 124 cm³/mol. The van der Waals surface area contributed by atoms with Crippen LogP contribution in [0.5, 0.6) is 5.75 Å². The zero-order valence-electron chi connectivity index (χ0n) is 18.3. The van der Waals surface area contributed by atoms with E-state index in [1.165, 1.54) is 11.6 Å². The summed E-state index contributed by atoms with van der Waals surface area (Å²) in [6.45, 7) is 1.78. The van der Waals surface area contributed by atoms with Crippen molar-refractivity contribution in [3.05, 3.63) is 50.1 Å². The number of rotatable bonds is 6. The zero-order valence-corrected chi connectivity index (χ0v) is 19.1. The molecule has 3 heterocycles. The number of benzene rings is 1. The minimum absolute atomic E-state index is 0.0345. The molecule has 0 radical (unpaired) electrons. The Morgan fingerprint density at radius 2 is 1.72 bits per heavy atom. The van der Waals surface area contributed by atoms with Gasteiger partial charge in [-0.25, -0.2) is 4.79 Å². The summed E-state index contributed by atoms with van der Waals surface area (Å²) in [6, 6.07) is 6.90. The summed E-state index contributed by atoms with van der Waals surface area (Å²) in [4.78, 5) is 32.3. The lowest BCUT2D eigenvalue weighted by molar-refractivity contribution is 0.0936. The number of fused-ring (bicyclic) bond motifs is 1. The van der Waals surface area contributed by atoms with E-state index in [0.717, 1.165) is 43.3 Å². The lowest BCUT2D eigenvalue weighted by Crippen LogP contribution is -2.38. The van der Waals surface area contributed by atoms with Crippen molar-refractivity contribution in [1.82, 2.24) is 18.7 Å². The molecular weight excluding hydrogens is 434 g/mol. The van der Waals surface area contributed by atoms with Gasteiger partial charge in [0.2, 0.25) is 5.95 Å². The predicted octanol–water partition coefficient (Wildman–Crippen LogP) is 1.91. The van der Waals surface area contributed by atoms with Crippen LogP contribution >= 0.6 is 11.6 Å². The van der Waals surface area contributed by atoms with E-state index in [2.05, 4.69) is 4.90 Å². The summed E-state index contributed by atoms with van der Waals surface area (Å²) in [6.07, 6.45) is 3.46. The summed E-state index contributed by atoms with van der Waals surface area (Å²) < 4.78 is 9.88. The Balaban J connectivity index is 1.70. The van der Waals surface area contributed by atoms with Gasteiger partial charge in [-0.1, -0.05) is 24.4 Å². The number of ether oxygens (including phenoxy) is 1. The van der Waals surface area contributed by atoms with Gasteiger partial charge in [-0.05, 0) is 37.1 Å². The second kappa shape index (κ2) is 9.38. The number of aromatic nitrogens is 4. The van der Waals surface area contributed by atoms with Crippen LogP contribution in [0.1, 0.15) is 25.7 Å². The molecule has 4 rings (SSSR count). The van der Waals surface area contributed by atoms with Crippen LogP contribution < -0.4 is 20.9 Å². The monoisotopic (exact) mass is 461 g/mol. The van der Waals surface area contributed by atoms with E-state index in [9.17, 15) is 14.7 Å². The molecule has 0 unspecified atom stereocenters. The molecule has 0 saturated carbocycles. The van der Waals surface area contributed by atoms with E-state index >= 15 is 0 Å². The fourth-order valence-electron chi connectivity index (χ4n) is 4.11. The molecule has 1 fully saturated rings. The Morgan fingerprint density at radius 1 is 1.06 bits per heavy atom. The second-order valence-corrected chi connectivity index (χ2v) is 8.66. The minimum Gasteiger partial charge on any atom is -0.491 e. The first-order valence-corrected chi connectivity index (χ1v) is 11.2. The molecule has 1 aromatic carbocycles. The summed E-state index contributed by atoms with van der Waals surface area (Å²) >= 11 is 5.90. The maximum absolute atomic E-state index is 13.0. The zero-order chi connectivity index (χ0) is 22.8. The summed E-state index contributed by atoms with van der Waals surface area (Å²) in [5.74, 6) is 1.20. The molecule has 0 amide bonds. The molecule has 10 heteroatoms. The van der Waals surface area contributed by atoms with Crippen LogP contribution in [0.4, 0.5) is 5.95 Å². The number of aryl methyl sites for hydroxylation is 1. The molecule has 172 valence electrons. The largest absolute Gasteiger partial charge is 0.491 e. The van der Waals surface area contributed by atoms with Crippen LogP contribution in [-0.4, -0.2) is 49.6 Å². The average Bonchev–Trinajstić information content (AvgIpc) is 2.96. The van der Waals surface area contributed by atoms with Crippen molar-refractivity contribution >= 4 is 28.7 Å². The molecule has 32 heavy (non-hydrogen) atoms. The quantitative estimate of drug-likeness (QED) is 0.602. The molecule has 1 N–H and O–H groups in total. The maximum Gasteiger partial charge on any atom is 0.332 e. The van der Waals surface area contributed by atoms with Crippen molar-refractivity contribution in [3.63, 3.8) is 0 Å². The van der Waals surface area contributed by atoms with Gasteiger partial charge in [0.1, 0.15) is 18.5 Å². The molecule has 1 atom stereocenters. The smallest absolute Gasteiger partial charge is 0.332 e. The molecular formula is C22H28ClN5O4. The summed E-state index contributed by atoms with van der Waals surface area (Å²) in [7, 11) is 3.06. The molecule has 0 aliphatic carbocycles. The van der Waals surface area contributed by atoms with Crippen LogP contribution in [0.25, 0.3) is 11.2 Å². The Hall–Kier alpha value is -2.78. The van der Waals surface area contributed by atoms with Crippen molar-refractivity contribution in [3.8, 4) is 5.75 Å². The van der Waals surface area contributed by atoms with Gasteiger partial charge in [-0.15, -0.1) is 0 Å². The van der Waals surface area contributed by atoms with E-state index in [1.54, 1.807) is 35.9 Å². The standard InChI is InChI=1S/C22H28ClN5O4/c1-25-19-18(20(30)26(2)22(25)31)28(21(24-19)27-11-5-3-4-6-12-27)13-16(29)14-32-17-9-7-15(23)8-10-17/h7-10,16,29H,3-6,11-14H2,1-2H3/t16-/m0/s1. The van der Waals surface area contributed by atoms with Crippen LogP contribution in [0.15, 0.2) is 33.9 Å². The van der Waals surface area contributed by atoms with Crippen LogP contribution in [0.3, 0.4) is 0 Å². The Bertz CT molecular complexity index is 1210. The Labute approximate surface area is 190 Å². The number of halogens is 1. The lowest BCUT2D eigenvalue weighted by atomic mass is 10.2. The van der Waals surface area contributed by atoms with Gasteiger partial charge in [0.05, 0.1) is 6.54 Å². The molecule has 0 spiro atoms. The molecule has 0 bridgehead atoms. The lowest BCUT2D eigenvalue weighted by Gasteiger charge is -2.23.